The van der Waals surface area contributed by atoms with Gasteiger partial charge in [0.05, 0.1) is 12.1 Å². The summed E-state index contributed by atoms with van der Waals surface area (Å²) in [5.74, 6) is -2.43. The first-order valence-corrected chi connectivity index (χ1v) is 12.0. The van der Waals surface area contributed by atoms with Crippen LogP contribution in [0.15, 0.2) is 0 Å². The van der Waals surface area contributed by atoms with E-state index in [2.05, 4.69) is 10.6 Å². The minimum atomic E-state index is -1.29. The predicted octanol–water partition coefficient (Wildman–Crippen LogP) is -0.461. The molecule has 10 nitrogen and oxygen atoms in total. The Labute approximate surface area is 187 Å². The van der Waals surface area contributed by atoms with Crippen LogP contribution in [-0.4, -0.2) is 87.6 Å². The van der Waals surface area contributed by atoms with Gasteiger partial charge in [-0.1, -0.05) is 20.3 Å². The molecule has 1 aliphatic heterocycles. The lowest BCUT2D eigenvalue weighted by molar-refractivity contribution is -0.150. The number of nitrogens with one attached hydrogen (secondary N) is 2. The molecule has 0 radical (unpaired) electrons. The van der Waals surface area contributed by atoms with E-state index in [0.29, 0.717) is 38.0 Å². The highest BCUT2D eigenvalue weighted by Crippen LogP contribution is 2.21. The van der Waals surface area contributed by atoms with Gasteiger partial charge in [-0.05, 0) is 44.1 Å². The molecule has 0 aliphatic carbocycles. The maximum Gasteiger partial charge on any atom is 0.326 e. The van der Waals surface area contributed by atoms with Crippen LogP contribution in [0.3, 0.4) is 0 Å². The second kappa shape index (κ2) is 12.9. The molecule has 6 unspecified atom stereocenters. The average Bonchev–Trinajstić information content (AvgIpc) is 3.22. The van der Waals surface area contributed by atoms with Gasteiger partial charge in [0.1, 0.15) is 18.1 Å². The number of carbonyl (C=O) groups is 4. The fraction of sp³-hybridized carbons (Fsp3) is 0.800. The Balaban J connectivity index is 2.96. The number of rotatable bonds is 12. The first-order valence-electron chi connectivity index (χ1n) is 10.6. The number of carbonyl (C=O) groups excluding carboxylic acids is 3. The lowest BCUT2D eigenvalue weighted by atomic mass is 9.96. The zero-order chi connectivity index (χ0) is 23.7. The van der Waals surface area contributed by atoms with E-state index in [-0.39, 0.29) is 5.92 Å². The third kappa shape index (κ3) is 7.65. The number of hydrogen-bond acceptors (Lipinski definition) is 7. The van der Waals surface area contributed by atoms with Crippen molar-refractivity contribution in [2.75, 3.05) is 18.6 Å². The lowest BCUT2D eigenvalue weighted by Gasteiger charge is -2.32. The number of likely N-dealkylation sites (tertiary alicyclic amines) is 1. The van der Waals surface area contributed by atoms with Gasteiger partial charge in [-0.15, -0.1) is 0 Å². The summed E-state index contributed by atoms with van der Waals surface area (Å²) in [4.78, 5) is 51.1. The van der Waals surface area contributed by atoms with Crippen LogP contribution < -0.4 is 16.4 Å². The fourth-order valence-electron chi connectivity index (χ4n) is 3.43. The number of amides is 3. The van der Waals surface area contributed by atoms with Crippen molar-refractivity contribution in [3.05, 3.63) is 0 Å². The van der Waals surface area contributed by atoms with Gasteiger partial charge < -0.3 is 31.5 Å². The van der Waals surface area contributed by atoms with E-state index in [9.17, 15) is 29.4 Å². The molecule has 3 amide bonds. The minimum Gasteiger partial charge on any atom is -0.480 e. The van der Waals surface area contributed by atoms with Gasteiger partial charge in [-0.2, -0.15) is 11.8 Å². The average molecular weight is 461 g/mol. The van der Waals surface area contributed by atoms with E-state index in [1.165, 1.54) is 23.6 Å². The molecule has 0 saturated carbocycles. The zero-order valence-corrected chi connectivity index (χ0v) is 19.5. The van der Waals surface area contributed by atoms with E-state index in [4.69, 9.17) is 5.73 Å². The first kappa shape index (κ1) is 27.2. The van der Waals surface area contributed by atoms with E-state index in [0.717, 1.165) is 0 Å². The van der Waals surface area contributed by atoms with Crippen LogP contribution in [-0.2, 0) is 19.2 Å². The second-order valence-corrected chi connectivity index (χ2v) is 9.00. The number of carboxylic acids is 1. The van der Waals surface area contributed by atoms with Crippen molar-refractivity contribution in [2.45, 2.75) is 76.7 Å². The maximum absolute atomic E-state index is 13.1. The van der Waals surface area contributed by atoms with Crippen LogP contribution in [0.5, 0.6) is 0 Å². The largest absolute Gasteiger partial charge is 0.480 e. The van der Waals surface area contributed by atoms with Crippen molar-refractivity contribution in [3.8, 4) is 0 Å². The molecule has 0 aromatic rings. The van der Waals surface area contributed by atoms with Crippen LogP contribution in [0.1, 0.15) is 46.5 Å². The molecule has 11 heteroatoms. The Morgan fingerprint density at radius 2 is 1.77 bits per heavy atom. The number of hydrogen-bond donors (Lipinski definition) is 5. The molecule has 6 N–H and O–H groups in total. The molecule has 1 fully saturated rings. The number of aliphatic hydroxyl groups excluding tert-OH is 1. The fourth-order valence-corrected chi connectivity index (χ4v) is 3.92. The van der Waals surface area contributed by atoms with Crippen molar-refractivity contribution < 1.29 is 29.4 Å². The molecule has 0 bridgehead atoms. The standard InChI is InChI=1S/C20H36N4O6S/c1-5-11(2)15(19(28)24-9-6-7-14(24)20(29)30)22-18(27)16(12(3)25)23-17(26)13(21)8-10-31-4/h11-16,25H,5-10,21H2,1-4H3,(H,22,27)(H,23,26)(H,29,30). The molecule has 0 spiro atoms. The molecular weight excluding hydrogens is 424 g/mol. The number of nitrogens with two attached hydrogens (primary N) is 1. The number of aliphatic carboxylic acids is 1. The van der Waals surface area contributed by atoms with E-state index in [1.54, 1.807) is 6.92 Å². The third-order valence-electron chi connectivity index (χ3n) is 5.63. The monoisotopic (exact) mass is 460 g/mol. The summed E-state index contributed by atoms with van der Waals surface area (Å²) in [6.07, 6.45) is 2.58. The highest BCUT2D eigenvalue weighted by Gasteiger charge is 2.40. The Hall–Kier alpha value is -1.85. The Morgan fingerprint density at radius 3 is 2.29 bits per heavy atom. The predicted molar refractivity (Wildman–Crippen MR) is 118 cm³/mol. The summed E-state index contributed by atoms with van der Waals surface area (Å²) in [5.41, 5.74) is 5.84. The van der Waals surface area contributed by atoms with Crippen molar-refractivity contribution in [1.29, 1.82) is 0 Å². The number of nitrogens with zero attached hydrogens (tertiary/aromatic N) is 1. The smallest absolute Gasteiger partial charge is 0.326 e. The molecular formula is C20H36N4O6S. The summed E-state index contributed by atoms with van der Waals surface area (Å²) < 4.78 is 0. The molecule has 1 saturated heterocycles. The highest BCUT2D eigenvalue weighted by atomic mass is 32.2. The Morgan fingerprint density at radius 1 is 1.16 bits per heavy atom. The maximum atomic E-state index is 13.1. The molecule has 178 valence electrons. The van der Waals surface area contributed by atoms with Crippen molar-refractivity contribution in [1.82, 2.24) is 15.5 Å². The van der Waals surface area contributed by atoms with Crippen LogP contribution >= 0.6 is 11.8 Å². The van der Waals surface area contributed by atoms with Crippen LogP contribution in [0.2, 0.25) is 0 Å². The van der Waals surface area contributed by atoms with Crippen molar-refractivity contribution in [2.24, 2.45) is 11.7 Å². The van der Waals surface area contributed by atoms with E-state index < -0.39 is 54.0 Å². The van der Waals surface area contributed by atoms with Crippen molar-refractivity contribution in [3.63, 3.8) is 0 Å². The summed E-state index contributed by atoms with van der Waals surface area (Å²) >= 11 is 1.54. The lowest BCUT2D eigenvalue weighted by Crippen LogP contribution is -2.61. The second-order valence-electron chi connectivity index (χ2n) is 8.01. The van der Waals surface area contributed by atoms with Gasteiger partial charge >= 0.3 is 5.97 Å². The van der Waals surface area contributed by atoms with Crippen molar-refractivity contribution >= 4 is 35.5 Å². The van der Waals surface area contributed by atoms with Gasteiger partial charge in [0.2, 0.25) is 17.7 Å². The normalized spacial score (nSPS) is 21.0. The summed E-state index contributed by atoms with van der Waals surface area (Å²) in [5, 5.41) is 24.6. The molecule has 6 atom stereocenters. The van der Waals surface area contributed by atoms with Gasteiger partial charge in [0.15, 0.2) is 0 Å². The quantitative estimate of drug-likeness (QED) is 0.261. The molecule has 1 aliphatic rings. The SMILES string of the molecule is CCC(C)C(NC(=O)C(NC(=O)C(N)CCSC)C(C)O)C(=O)N1CCCC1C(=O)O. The Kier molecular flexibility index (Phi) is 11.3. The number of carboxylic acid groups (broad SMARTS) is 1. The molecule has 31 heavy (non-hydrogen) atoms. The van der Waals surface area contributed by atoms with Gasteiger partial charge in [-0.25, -0.2) is 4.79 Å². The van der Waals surface area contributed by atoms with E-state index >= 15 is 0 Å². The molecule has 0 aromatic carbocycles. The van der Waals surface area contributed by atoms with Crippen LogP contribution in [0.4, 0.5) is 0 Å². The first-order chi connectivity index (χ1) is 14.5. The molecule has 1 heterocycles. The number of aliphatic hydroxyl groups is 1. The third-order valence-corrected chi connectivity index (χ3v) is 6.27. The Bertz CT molecular complexity index is 647. The van der Waals surface area contributed by atoms with Gasteiger partial charge in [-0.3, -0.25) is 14.4 Å². The van der Waals surface area contributed by atoms with Crippen LogP contribution in [0.25, 0.3) is 0 Å². The molecule has 0 aromatic heterocycles. The van der Waals surface area contributed by atoms with Gasteiger partial charge in [0.25, 0.3) is 0 Å². The molecule has 1 rings (SSSR count). The zero-order valence-electron chi connectivity index (χ0n) is 18.7. The summed E-state index contributed by atoms with van der Waals surface area (Å²) in [6.45, 7) is 5.30. The summed E-state index contributed by atoms with van der Waals surface area (Å²) in [7, 11) is 0. The summed E-state index contributed by atoms with van der Waals surface area (Å²) in [6, 6.07) is -4.01. The topological polar surface area (TPSA) is 162 Å². The van der Waals surface area contributed by atoms with E-state index in [1.807, 2.05) is 13.2 Å². The highest BCUT2D eigenvalue weighted by molar-refractivity contribution is 7.98. The number of thioether (sulfide) groups is 1. The van der Waals surface area contributed by atoms with Crippen LogP contribution in [0, 0.1) is 5.92 Å². The minimum absolute atomic E-state index is 0.277. The van der Waals surface area contributed by atoms with Gasteiger partial charge in [0, 0.05) is 6.54 Å².